The molecular formula is C24H28N4O2S. The topological polar surface area (TPSA) is 75.2 Å². The lowest BCUT2D eigenvalue weighted by atomic mass is 9.65. The second kappa shape index (κ2) is 6.92. The SMILES string of the molecule is CC1(C)CC2CC(C)(CN2c2nc3ccccc3nc2NS(=O)(=O)c2ccccc2)C1. The Kier molecular flexibility index (Phi) is 4.52. The highest BCUT2D eigenvalue weighted by Crippen LogP contribution is 2.54. The Labute approximate surface area is 183 Å². The minimum atomic E-state index is -3.77. The Morgan fingerprint density at radius 1 is 0.935 bits per heavy atom. The highest BCUT2D eigenvalue weighted by atomic mass is 32.2. The maximum atomic E-state index is 13.1. The first-order chi connectivity index (χ1) is 14.6. The van der Waals surface area contributed by atoms with Crippen LogP contribution in [0.25, 0.3) is 11.0 Å². The maximum Gasteiger partial charge on any atom is 0.263 e. The Balaban J connectivity index is 1.61. The Morgan fingerprint density at radius 3 is 2.29 bits per heavy atom. The minimum Gasteiger partial charge on any atom is -0.350 e. The lowest BCUT2D eigenvalue weighted by molar-refractivity contribution is 0.136. The van der Waals surface area contributed by atoms with E-state index in [4.69, 9.17) is 9.97 Å². The van der Waals surface area contributed by atoms with Gasteiger partial charge in [-0.2, -0.15) is 0 Å². The van der Waals surface area contributed by atoms with Gasteiger partial charge in [-0.1, -0.05) is 51.1 Å². The largest absolute Gasteiger partial charge is 0.350 e. The fourth-order valence-electron chi connectivity index (χ4n) is 5.75. The third-order valence-corrected chi connectivity index (χ3v) is 7.88. The number of anilines is 2. The zero-order valence-electron chi connectivity index (χ0n) is 18.2. The van der Waals surface area contributed by atoms with Gasteiger partial charge in [-0.15, -0.1) is 0 Å². The van der Waals surface area contributed by atoms with Crippen LogP contribution in [0.15, 0.2) is 59.5 Å². The van der Waals surface area contributed by atoms with E-state index in [2.05, 4.69) is 30.4 Å². The van der Waals surface area contributed by atoms with Crippen LogP contribution in [0.3, 0.4) is 0 Å². The van der Waals surface area contributed by atoms with E-state index >= 15 is 0 Å². The zero-order valence-corrected chi connectivity index (χ0v) is 19.0. The van der Waals surface area contributed by atoms with Gasteiger partial charge in [-0.3, -0.25) is 4.72 Å². The molecule has 162 valence electrons. The van der Waals surface area contributed by atoms with Crippen molar-refractivity contribution in [2.24, 2.45) is 10.8 Å². The van der Waals surface area contributed by atoms with E-state index in [1.807, 2.05) is 24.3 Å². The molecule has 31 heavy (non-hydrogen) atoms. The molecule has 1 aliphatic heterocycles. The molecular weight excluding hydrogens is 408 g/mol. The highest BCUT2D eigenvalue weighted by Gasteiger charge is 2.50. The zero-order chi connectivity index (χ0) is 21.9. The van der Waals surface area contributed by atoms with Gasteiger partial charge in [0.2, 0.25) is 0 Å². The van der Waals surface area contributed by atoms with E-state index in [1.165, 1.54) is 0 Å². The van der Waals surface area contributed by atoms with E-state index < -0.39 is 10.0 Å². The number of aromatic nitrogens is 2. The summed E-state index contributed by atoms with van der Waals surface area (Å²) in [4.78, 5) is 12.1. The van der Waals surface area contributed by atoms with Crippen molar-refractivity contribution in [3.63, 3.8) is 0 Å². The molecule has 2 bridgehead atoms. The van der Waals surface area contributed by atoms with Crippen LogP contribution in [0.5, 0.6) is 0 Å². The second-order valence-corrected chi connectivity index (χ2v) is 11.8. The van der Waals surface area contributed by atoms with Crippen LogP contribution in [-0.4, -0.2) is 31.0 Å². The number of nitrogens with zero attached hydrogens (tertiary/aromatic N) is 3. The van der Waals surface area contributed by atoms with Gasteiger partial charge in [0.1, 0.15) is 0 Å². The molecule has 1 aromatic heterocycles. The smallest absolute Gasteiger partial charge is 0.263 e. The summed E-state index contributed by atoms with van der Waals surface area (Å²) >= 11 is 0. The van der Waals surface area contributed by atoms with E-state index in [-0.39, 0.29) is 15.7 Å². The van der Waals surface area contributed by atoms with Crippen molar-refractivity contribution in [2.45, 2.75) is 51.0 Å². The van der Waals surface area contributed by atoms with Gasteiger partial charge in [-0.25, -0.2) is 18.4 Å². The van der Waals surface area contributed by atoms with Crippen molar-refractivity contribution in [1.82, 2.24) is 9.97 Å². The number of hydrogen-bond donors (Lipinski definition) is 1. The van der Waals surface area contributed by atoms with Crippen molar-refractivity contribution in [3.05, 3.63) is 54.6 Å². The molecule has 1 N–H and O–H groups in total. The van der Waals surface area contributed by atoms with Crippen LogP contribution < -0.4 is 9.62 Å². The fraction of sp³-hybridized carbons (Fsp3) is 0.417. The lowest BCUT2D eigenvalue weighted by Crippen LogP contribution is -2.35. The molecule has 1 saturated carbocycles. The molecule has 2 unspecified atom stereocenters. The van der Waals surface area contributed by atoms with Crippen LogP contribution in [0.2, 0.25) is 0 Å². The Bertz CT molecular complexity index is 1240. The van der Waals surface area contributed by atoms with Crippen molar-refractivity contribution >= 4 is 32.7 Å². The molecule has 2 atom stereocenters. The van der Waals surface area contributed by atoms with Crippen LogP contribution in [0, 0.1) is 10.8 Å². The number of nitrogens with one attached hydrogen (secondary N) is 1. The quantitative estimate of drug-likeness (QED) is 0.634. The Morgan fingerprint density at radius 2 is 1.58 bits per heavy atom. The minimum absolute atomic E-state index is 0.190. The average molecular weight is 437 g/mol. The summed E-state index contributed by atoms with van der Waals surface area (Å²) in [5.41, 5.74) is 1.88. The summed E-state index contributed by atoms with van der Waals surface area (Å²) in [5, 5.41) is 0. The molecule has 3 aromatic rings. The Hall–Kier alpha value is -2.67. The lowest BCUT2D eigenvalue weighted by Gasteiger charge is -2.39. The number of benzene rings is 2. The van der Waals surface area contributed by atoms with Crippen LogP contribution in [0.1, 0.15) is 40.0 Å². The van der Waals surface area contributed by atoms with Crippen LogP contribution in [0.4, 0.5) is 11.6 Å². The van der Waals surface area contributed by atoms with E-state index in [9.17, 15) is 8.42 Å². The first-order valence-corrected chi connectivity index (χ1v) is 12.2. The summed E-state index contributed by atoms with van der Waals surface area (Å²) in [6, 6.07) is 16.3. The van der Waals surface area contributed by atoms with Crippen LogP contribution in [-0.2, 0) is 10.0 Å². The molecule has 6 nitrogen and oxygen atoms in total. The van der Waals surface area contributed by atoms with Gasteiger partial charge in [-0.05, 0) is 54.4 Å². The fourth-order valence-corrected chi connectivity index (χ4v) is 6.78. The monoisotopic (exact) mass is 436 g/mol. The van der Waals surface area contributed by atoms with E-state index in [0.717, 1.165) is 31.3 Å². The molecule has 1 aliphatic carbocycles. The van der Waals surface area contributed by atoms with Crippen LogP contribution >= 0.6 is 0 Å². The predicted octanol–water partition coefficient (Wildman–Crippen LogP) is 4.84. The van der Waals surface area contributed by atoms with Gasteiger partial charge in [0, 0.05) is 12.6 Å². The number of fused-ring (bicyclic) bond motifs is 3. The van der Waals surface area contributed by atoms with Crippen molar-refractivity contribution in [3.8, 4) is 0 Å². The average Bonchev–Trinajstić information content (AvgIpc) is 2.96. The third kappa shape index (κ3) is 3.76. The molecule has 7 heteroatoms. The second-order valence-electron chi connectivity index (χ2n) is 10.1. The molecule has 0 spiro atoms. The van der Waals surface area contributed by atoms with Gasteiger partial charge < -0.3 is 4.90 Å². The summed E-state index contributed by atoms with van der Waals surface area (Å²) in [6.07, 6.45) is 3.30. The molecule has 0 radical (unpaired) electrons. The number of hydrogen-bond acceptors (Lipinski definition) is 5. The molecule has 5 rings (SSSR count). The first kappa shape index (κ1) is 20.2. The first-order valence-electron chi connectivity index (χ1n) is 10.8. The summed E-state index contributed by atoms with van der Waals surface area (Å²) in [5.74, 6) is 0.932. The number of rotatable bonds is 4. The third-order valence-electron chi connectivity index (χ3n) is 6.52. The molecule has 2 aliphatic rings. The maximum absolute atomic E-state index is 13.1. The van der Waals surface area contributed by atoms with Gasteiger partial charge in [0.05, 0.1) is 15.9 Å². The van der Waals surface area contributed by atoms with Gasteiger partial charge >= 0.3 is 0 Å². The molecule has 2 heterocycles. The van der Waals surface area contributed by atoms with Gasteiger partial charge in [0.25, 0.3) is 10.0 Å². The van der Waals surface area contributed by atoms with E-state index in [1.54, 1.807) is 30.3 Å². The molecule has 1 saturated heterocycles. The predicted molar refractivity (Wildman–Crippen MR) is 124 cm³/mol. The summed E-state index contributed by atoms with van der Waals surface area (Å²) < 4.78 is 28.9. The van der Waals surface area contributed by atoms with Crippen molar-refractivity contribution in [2.75, 3.05) is 16.2 Å². The number of para-hydroxylation sites is 2. The number of sulfonamides is 1. The highest BCUT2D eigenvalue weighted by molar-refractivity contribution is 7.92. The normalized spacial score (nSPS) is 25.0. The molecule has 0 amide bonds. The standard InChI is InChI=1S/C24H28N4O2S/c1-23(2)13-17-14-24(3,15-23)16-28(17)22-21(25-19-11-7-8-12-20(19)26-22)27-31(29,30)18-9-5-4-6-10-18/h4-12,17H,13-16H2,1-3H3,(H,25,27). The molecule has 2 aromatic carbocycles. The van der Waals surface area contributed by atoms with E-state index in [0.29, 0.717) is 23.2 Å². The van der Waals surface area contributed by atoms with Gasteiger partial charge in [0.15, 0.2) is 11.6 Å². The van der Waals surface area contributed by atoms with Crippen molar-refractivity contribution < 1.29 is 8.42 Å². The van der Waals surface area contributed by atoms with Crippen molar-refractivity contribution in [1.29, 1.82) is 0 Å². The summed E-state index contributed by atoms with van der Waals surface area (Å²) in [7, 11) is -3.77. The molecule has 2 fully saturated rings. The summed E-state index contributed by atoms with van der Waals surface area (Å²) in [6.45, 7) is 7.84.